The minimum absolute atomic E-state index is 0.533. The van der Waals surface area contributed by atoms with E-state index in [1.807, 2.05) is 0 Å². The molecule has 0 amide bonds. The first-order chi connectivity index (χ1) is 6.69. The lowest BCUT2D eigenvalue weighted by Gasteiger charge is -2.12. The molecule has 0 aliphatic carbocycles. The molecule has 0 radical (unpaired) electrons. The molecule has 1 aromatic rings. The molecule has 0 unspecified atom stereocenters. The molecule has 78 valence electrons. The fourth-order valence-corrected chi connectivity index (χ4v) is 1.66. The summed E-state index contributed by atoms with van der Waals surface area (Å²) in [5.41, 5.74) is 9.48. The van der Waals surface area contributed by atoms with Crippen molar-refractivity contribution in [3.63, 3.8) is 0 Å². The van der Waals surface area contributed by atoms with Crippen molar-refractivity contribution in [2.75, 3.05) is 7.11 Å². The lowest BCUT2D eigenvalue weighted by atomic mass is 9.95. The largest absolute Gasteiger partial charge is 0.380 e. The highest BCUT2D eigenvalue weighted by atomic mass is 16.5. The molecule has 0 bridgehead atoms. The molecule has 0 saturated carbocycles. The first-order valence-electron chi connectivity index (χ1n) is 4.99. The Bertz CT molecular complexity index is 294. The van der Waals surface area contributed by atoms with Crippen LogP contribution in [0.5, 0.6) is 0 Å². The van der Waals surface area contributed by atoms with Gasteiger partial charge in [0.2, 0.25) is 0 Å². The quantitative estimate of drug-likeness (QED) is 0.797. The predicted molar refractivity (Wildman–Crippen MR) is 59.1 cm³/mol. The number of hydrogen-bond acceptors (Lipinski definition) is 2. The highest BCUT2D eigenvalue weighted by Crippen LogP contribution is 2.20. The maximum atomic E-state index is 5.71. The maximum absolute atomic E-state index is 5.71. The van der Waals surface area contributed by atoms with Gasteiger partial charge >= 0.3 is 0 Å². The molecule has 0 atom stereocenters. The molecular weight excluding hydrogens is 174 g/mol. The highest BCUT2D eigenvalue weighted by molar-refractivity contribution is 5.33. The van der Waals surface area contributed by atoms with Crippen LogP contribution in [0.2, 0.25) is 0 Å². The molecule has 0 fully saturated rings. The van der Waals surface area contributed by atoms with Gasteiger partial charge in [-0.05, 0) is 22.6 Å². The molecule has 0 spiro atoms. The zero-order valence-corrected chi connectivity index (χ0v) is 9.21. The summed E-state index contributed by atoms with van der Waals surface area (Å²) in [6.45, 7) is 5.63. The number of hydrogen-bond donors (Lipinski definition) is 1. The van der Waals surface area contributed by atoms with Crippen molar-refractivity contribution in [2.24, 2.45) is 5.73 Å². The van der Waals surface area contributed by atoms with E-state index in [2.05, 4.69) is 32.0 Å². The van der Waals surface area contributed by atoms with E-state index >= 15 is 0 Å². The van der Waals surface area contributed by atoms with Gasteiger partial charge in [-0.2, -0.15) is 0 Å². The molecule has 2 heteroatoms. The van der Waals surface area contributed by atoms with E-state index in [0.717, 1.165) is 0 Å². The topological polar surface area (TPSA) is 35.2 Å². The van der Waals surface area contributed by atoms with Gasteiger partial charge in [0.15, 0.2) is 0 Å². The SMILES string of the molecule is COCc1ccc(C(C)C)c(CN)c1. The summed E-state index contributed by atoms with van der Waals surface area (Å²) in [6, 6.07) is 6.40. The molecule has 0 aliphatic heterocycles. The molecule has 14 heavy (non-hydrogen) atoms. The normalized spacial score (nSPS) is 10.9. The number of methoxy groups -OCH3 is 1. The zero-order chi connectivity index (χ0) is 10.6. The van der Waals surface area contributed by atoms with Crippen LogP contribution in [0.15, 0.2) is 18.2 Å². The van der Waals surface area contributed by atoms with Gasteiger partial charge in [0.05, 0.1) is 6.61 Å². The van der Waals surface area contributed by atoms with Crippen molar-refractivity contribution in [3.8, 4) is 0 Å². The van der Waals surface area contributed by atoms with E-state index in [0.29, 0.717) is 19.1 Å². The molecule has 2 N–H and O–H groups in total. The van der Waals surface area contributed by atoms with E-state index in [9.17, 15) is 0 Å². The monoisotopic (exact) mass is 193 g/mol. The molecule has 1 aromatic carbocycles. The third kappa shape index (κ3) is 2.56. The minimum atomic E-state index is 0.533. The first-order valence-corrected chi connectivity index (χ1v) is 4.99. The number of nitrogens with two attached hydrogens (primary N) is 1. The van der Waals surface area contributed by atoms with Gasteiger partial charge in [0, 0.05) is 13.7 Å². The Labute approximate surface area is 86.1 Å². The molecule has 0 aromatic heterocycles. The van der Waals surface area contributed by atoms with Crippen LogP contribution in [0.1, 0.15) is 36.5 Å². The first kappa shape index (κ1) is 11.2. The Kier molecular flexibility index (Phi) is 4.11. The predicted octanol–water partition coefficient (Wildman–Crippen LogP) is 2.42. The summed E-state index contributed by atoms with van der Waals surface area (Å²) >= 11 is 0. The Hall–Kier alpha value is -0.860. The lowest BCUT2D eigenvalue weighted by Crippen LogP contribution is -2.04. The Morgan fingerprint density at radius 2 is 2.07 bits per heavy atom. The lowest BCUT2D eigenvalue weighted by molar-refractivity contribution is 0.185. The van der Waals surface area contributed by atoms with Gasteiger partial charge in [-0.3, -0.25) is 0 Å². The van der Waals surface area contributed by atoms with Crippen LogP contribution < -0.4 is 5.73 Å². The third-order valence-corrected chi connectivity index (χ3v) is 2.36. The average Bonchev–Trinajstić information content (AvgIpc) is 2.17. The average molecular weight is 193 g/mol. The number of rotatable bonds is 4. The van der Waals surface area contributed by atoms with Gasteiger partial charge in [-0.25, -0.2) is 0 Å². The molecule has 0 saturated heterocycles. The molecule has 0 heterocycles. The van der Waals surface area contributed by atoms with E-state index in [-0.39, 0.29) is 0 Å². The summed E-state index contributed by atoms with van der Waals surface area (Å²) < 4.78 is 5.09. The summed E-state index contributed by atoms with van der Waals surface area (Å²) in [5, 5.41) is 0. The number of benzene rings is 1. The van der Waals surface area contributed by atoms with E-state index in [4.69, 9.17) is 10.5 Å². The third-order valence-electron chi connectivity index (χ3n) is 2.36. The van der Waals surface area contributed by atoms with Crippen molar-refractivity contribution in [1.82, 2.24) is 0 Å². The van der Waals surface area contributed by atoms with Crippen LogP contribution in [0.25, 0.3) is 0 Å². The van der Waals surface area contributed by atoms with E-state index in [1.54, 1.807) is 7.11 Å². The van der Waals surface area contributed by atoms with Gasteiger partial charge in [0.1, 0.15) is 0 Å². The van der Waals surface area contributed by atoms with Crippen molar-refractivity contribution < 1.29 is 4.74 Å². The second-order valence-electron chi connectivity index (χ2n) is 3.83. The van der Waals surface area contributed by atoms with E-state index < -0.39 is 0 Å². The molecule has 2 nitrogen and oxygen atoms in total. The zero-order valence-electron chi connectivity index (χ0n) is 9.21. The molecule has 1 rings (SSSR count). The summed E-state index contributed by atoms with van der Waals surface area (Å²) in [5.74, 6) is 0.533. The van der Waals surface area contributed by atoms with Crippen molar-refractivity contribution >= 4 is 0 Å². The summed E-state index contributed by atoms with van der Waals surface area (Å²) in [4.78, 5) is 0. The van der Waals surface area contributed by atoms with Gasteiger partial charge in [-0.1, -0.05) is 32.0 Å². The smallest absolute Gasteiger partial charge is 0.0713 e. The highest BCUT2D eigenvalue weighted by Gasteiger charge is 2.05. The molecular formula is C12H19NO. The summed E-state index contributed by atoms with van der Waals surface area (Å²) in [6.07, 6.45) is 0. The standard InChI is InChI=1S/C12H19NO/c1-9(2)12-5-4-10(8-14-3)6-11(12)7-13/h4-6,9H,7-8,13H2,1-3H3. The van der Waals surface area contributed by atoms with E-state index in [1.165, 1.54) is 16.7 Å². The Morgan fingerprint density at radius 1 is 1.36 bits per heavy atom. The van der Waals surface area contributed by atoms with Gasteiger partial charge < -0.3 is 10.5 Å². The Balaban J connectivity index is 2.99. The second kappa shape index (κ2) is 5.13. The van der Waals surface area contributed by atoms with Crippen LogP contribution in [0.3, 0.4) is 0 Å². The fraction of sp³-hybridized carbons (Fsp3) is 0.500. The second-order valence-corrected chi connectivity index (χ2v) is 3.83. The van der Waals surface area contributed by atoms with Crippen LogP contribution in [-0.2, 0) is 17.9 Å². The fourth-order valence-electron chi connectivity index (χ4n) is 1.66. The maximum Gasteiger partial charge on any atom is 0.0713 e. The summed E-state index contributed by atoms with van der Waals surface area (Å²) in [7, 11) is 1.71. The van der Waals surface area contributed by atoms with Crippen LogP contribution >= 0.6 is 0 Å². The van der Waals surface area contributed by atoms with Crippen molar-refractivity contribution in [1.29, 1.82) is 0 Å². The Morgan fingerprint density at radius 3 is 2.57 bits per heavy atom. The van der Waals surface area contributed by atoms with Crippen LogP contribution in [0.4, 0.5) is 0 Å². The van der Waals surface area contributed by atoms with Crippen LogP contribution in [0, 0.1) is 0 Å². The number of ether oxygens (including phenoxy) is 1. The van der Waals surface area contributed by atoms with Crippen molar-refractivity contribution in [3.05, 3.63) is 34.9 Å². The van der Waals surface area contributed by atoms with Gasteiger partial charge in [-0.15, -0.1) is 0 Å². The molecule has 0 aliphatic rings. The minimum Gasteiger partial charge on any atom is -0.380 e. The van der Waals surface area contributed by atoms with Gasteiger partial charge in [0.25, 0.3) is 0 Å². The van der Waals surface area contributed by atoms with Crippen LogP contribution in [-0.4, -0.2) is 7.11 Å². The van der Waals surface area contributed by atoms with Crippen molar-refractivity contribution in [2.45, 2.75) is 32.9 Å².